The zero-order valence-corrected chi connectivity index (χ0v) is 26.7. The zero-order valence-electron chi connectivity index (χ0n) is 24.2. The summed E-state index contributed by atoms with van der Waals surface area (Å²) in [5.74, 6) is 3.04. The van der Waals surface area contributed by atoms with Crippen molar-refractivity contribution >= 4 is 54.1 Å². The third kappa shape index (κ3) is 5.44. The number of fused-ring (bicyclic) bond motifs is 3. The molecular formula is C28H38Cl2FN5O2Si. The lowest BCUT2D eigenvalue weighted by molar-refractivity contribution is -0.0380. The molecule has 3 saturated heterocycles. The summed E-state index contributed by atoms with van der Waals surface area (Å²) >= 11 is 12.5. The maximum absolute atomic E-state index is 15.3. The molecule has 0 saturated carbocycles. The van der Waals surface area contributed by atoms with Gasteiger partial charge in [0.1, 0.15) is 30.7 Å². The fraction of sp³-hybridized carbons (Fsp3) is 0.643. The SMILES string of the molecule is CC(C)[Si](C#Cc1nc(Cl)c(F)c2nc(Cl)nc(N3CC4CC(C3)N4C(=O)OC(C)(C)C)c12)(C(C)C)C(C)C. The lowest BCUT2D eigenvalue weighted by Gasteiger charge is -2.56. The highest BCUT2D eigenvalue weighted by atomic mass is 35.5. The fourth-order valence-corrected chi connectivity index (χ4v) is 12.0. The smallest absolute Gasteiger partial charge is 0.410 e. The summed E-state index contributed by atoms with van der Waals surface area (Å²) in [6.07, 6.45) is 0.542. The molecule has 2 aromatic rings. The summed E-state index contributed by atoms with van der Waals surface area (Å²) in [7, 11) is -2.12. The van der Waals surface area contributed by atoms with E-state index in [4.69, 9.17) is 27.9 Å². The van der Waals surface area contributed by atoms with Crippen LogP contribution < -0.4 is 4.90 Å². The second kappa shape index (κ2) is 10.7. The van der Waals surface area contributed by atoms with E-state index in [-0.39, 0.29) is 34.1 Å². The number of carbonyl (C=O) groups is 1. The second-order valence-corrected chi connectivity index (χ2v) is 18.9. The van der Waals surface area contributed by atoms with Crippen LogP contribution in [-0.4, -0.2) is 64.8 Å². The maximum atomic E-state index is 15.3. The Bertz CT molecular complexity index is 1320. The van der Waals surface area contributed by atoms with Crippen LogP contribution in [0.2, 0.25) is 27.1 Å². The van der Waals surface area contributed by atoms with Gasteiger partial charge < -0.3 is 9.64 Å². The third-order valence-electron chi connectivity index (χ3n) is 8.06. The number of hydrogen-bond acceptors (Lipinski definition) is 6. The fourth-order valence-electron chi connectivity index (χ4n) is 6.42. The van der Waals surface area contributed by atoms with Crippen molar-refractivity contribution in [1.29, 1.82) is 0 Å². The van der Waals surface area contributed by atoms with Crippen molar-refractivity contribution in [2.24, 2.45) is 0 Å². The predicted molar refractivity (Wildman–Crippen MR) is 158 cm³/mol. The minimum absolute atomic E-state index is 0.00320. The van der Waals surface area contributed by atoms with Crippen LogP contribution in [0, 0.1) is 17.3 Å². The second-order valence-electron chi connectivity index (χ2n) is 12.6. The van der Waals surface area contributed by atoms with E-state index in [0.717, 1.165) is 6.42 Å². The molecule has 2 aromatic heterocycles. The Kier molecular flexibility index (Phi) is 8.16. The Hall–Kier alpha value is -2.15. The highest BCUT2D eigenvalue weighted by Gasteiger charge is 2.49. The van der Waals surface area contributed by atoms with Crippen LogP contribution in [0.4, 0.5) is 15.0 Å². The van der Waals surface area contributed by atoms with Crippen molar-refractivity contribution in [2.45, 2.75) is 103 Å². The number of pyridine rings is 1. The van der Waals surface area contributed by atoms with E-state index in [1.165, 1.54) is 0 Å². The first-order chi connectivity index (χ1) is 18.1. The topological polar surface area (TPSA) is 71.5 Å². The van der Waals surface area contributed by atoms with Gasteiger partial charge in [0.2, 0.25) is 5.28 Å². The number of hydrogen-bond donors (Lipinski definition) is 0. The van der Waals surface area contributed by atoms with Crippen LogP contribution >= 0.6 is 23.2 Å². The number of carbonyl (C=O) groups excluding carboxylic acids is 1. The summed E-state index contributed by atoms with van der Waals surface area (Å²) < 4.78 is 20.9. The molecule has 2 unspecified atom stereocenters. The van der Waals surface area contributed by atoms with Gasteiger partial charge in [-0.2, -0.15) is 4.98 Å². The van der Waals surface area contributed by atoms with Crippen molar-refractivity contribution in [3.63, 3.8) is 0 Å². The summed E-state index contributed by atoms with van der Waals surface area (Å²) in [4.78, 5) is 29.7. The molecule has 0 aliphatic carbocycles. The number of piperidine rings is 1. The van der Waals surface area contributed by atoms with E-state index in [0.29, 0.717) is 46.6 Å². The van der Waals surface area contributed by atoms with E-state index in [1.807, 2.05) is 25.7 Å². The van der Waals surface area contributed by atoms with Gasteiger partial charge in [-0.3, -0.25) is 4.90 Å². The van der Waals surface area contributed by atoms with Gasteiger partial charge in [0.25, 0.3) is 0 Å². The Balaban J connectivity index is 1.81. The van der Waals surface area contributed by atoms with Crippen molar-refractivity contribution < 1.29 is 13.9 Å². The molecule has 39 heavy (non-hydrogen) atoms. The first-order valence-electron chi connectivity index (χ1n) is 13.6. The van der Waals surface area contributed by atoms with Gasteiger partial charge in [0.05, 0.1) is 17.5 Å². The van der Waals surface area contributed by atoms with Gasteiger partial charge in [-0.1, -0.05) is 59.1 Å². The first kappa shape index (κ1) is 29.8. The summed E-state index contributed by atoms with van der Waals surface area (Å²) in [5.41, 5.74) is 4.66. The van der Waals surface area contributed by atoms with Gasteiger partial charge in [-0.25, -0.2) is 19.2 Å². The van der Waals surface area contributed by atoms with Crippen LogP contribution in [0.15, 0.2) is 0 Å². The molecule has 3 aliphatic rings. The third-order valence-corrected chi connectivity index (χ3v) is 14.8. The van der Waals surface area contributed by atoms with Gasteiger partial charge in [0, 0.05) is 13.1 Å². The lowest BCUT2D eigenvalue weighted by Crippen LogP contribution is -2.70. The molecule has 1 amide bonds. The zero-order chi connectivity index (χ0) is 29.0. The van der Waals surface area contributed by atoms with Crippen molar-refractivity contribution in [3.05, 3.63) is 21.9 Å². The molecule has 2 bridgehead atoms. The van der Waals surface area contributed by atoms with Crippen LogP contribution in [0.5, 0.6) is 0 Å². The molecule has 5 heterocycles. The first-order valence-corrected chi connectivity index (χ1v) is 16.6. The number of aromatic nitrogens is 3. The van der Waals surface area contributed by atoms with Gasteiger partial charge >= 0.3 is 6.09 Å². The van der Waals surface area contributed by atoms with Crippen LogP contribution in [-0.2, 0) is 4.74 Å². The summed E-state index contributed by atoms with van der Waals surface area (Å²) in [6, 6.07) is -0.102. The van der Waals surface area contributed by atoms with Crippen LogP contribution in [0.3, 0.4) is 0 Å². The van der Waals surface area contributed by atoms with Crippen molar-refractivity contribution in [3.8, 4) is 11.5 Å². The van der Waals surface area contributed by atoms with Crippen molar-refractivity contribution in [2.75, 3.05) is 18.0 Å². The molecule has 212 valence electrons. The number of amides is 1. The van der Waals surface area contributed by atoms with E-state index in [1.54, 1.807) is 4.90 Å². The Morgan fingerprint density at radius 3 is 2.10 bits per heavy atom. The van der Waals surface area contributed by atoms with Crippen molar-refractivity contribution in [1.82, 2.24) is 19.9 Å². The normalized spacial score (nSPS) is 19.5. The van der Waals surface area contributed by atoms with Gasteiger partial charge in [-0.05, 0) is 55.4 Å². The number of ether oxygens (including phenoxy) is 1. The monoisotopic (exact) mass is 593 g/mol. The number of anilines is 1. The molecule has 11 heteroatoms. The predicted octanol–water partition coefficient (Wildman–Crippen LogP) is 7.24. The molecule has 2 atom stereocenters. The molecule has 0 N–H and O–H groups in total. The maximum Gasteiger partial charge on any atom is 0.410 e. The number of nitrogens with zero attached hydrogens (tertiary/aromatic N) is 5. The van der Waals surface area contributed by atoms with E-state index < -0.39 is 19.5 Å². The number of halogens is 3. The van der Waals surface area contributed by atoms with E-state index in [9.17, 15) is 4.79 Å². The average molecular weight is 595 g/mol. The Morgan fingerprint density at radius 2 is 1.59 bits per heavy atom. The number of rotatable bonds is 4. The van der Waals surface area contributed by atoms with E-state index >= 15 is 4.39 Å². The number of piperazine rings is 1. The molecule has 0 spiro atoms. The van der Waals surface area contributed by atoms with Crippen LogP contribution in [0.25, 0.3) is 10.9 Å². The van der Waals surface area contributed by atoms with Crippen LogP contribution in [0.1, 0.15) is 74.4 Å². The highest BCUT2D eigenvalue weighted by molar-refractivity contribution is 6.90. The molecule has 7 nitrogen and oxygen atoms in total. The molecular weight excluding hydrogens is 556 g/mol. The molecule has 5 rings (SSSR count). The molecule has 0 aromatic carbocycles. The average Bonchev–Trinajstić information content (AvgIpc) is 2.80. The minimum atomic E-state index is -2.12. The minimum Gasteiger partial charge on any atom is -0.444 e. The van der Waals surface area contributed by atoms with Gasteiger partial charge in [0.15, 0.2) is 11.0 Å². The largest absolute Gasteiger partial charge is 0.444 e. The Morgan fingerprint density at radius 1 is 1.03 bits per heavy atom. The van der Waals surface area contributed by atoms with E-state index in [2.05, 4.69) is 68.0 Å². The Labute approximate surface area is 241 Å². The summed E-state index contributed by atoms with van der Waals surface area (Å²) in [5, 5.41) is 0.0187. The molecule has 0 radical (unpaired) electrons. The quantitative estimate of drug-likeness (QED) is 0.161. The molecule has 3 aliphatic heterocycles. The lowest BCUT2D eigenvalue weighted by atomic mass is 9.88. The molecule has 3 fully saturated rings. The van der Waals surface area contributed by atoms with Gasteiger partial charge in [-0.15, -0.1) is 5.54 Å². The summed E-state index contributed by atoms with van der Waals surface area (Å²) in [6.45, 7) is 19.9. The highest BCUT2D eigenvalue weighted by Crippen LogP contribution is 2.42. The standard InChI is InChI=1S/C28H38Cl2FN5O2Si/c1-15(2)39(16(3)4,17(5)6)11-10-20-21-23(22(31)24(29)32-20)33-26(30)34-25(21)35-13-18-12-19(14-35)36(18)27(37)38-28(7,8)9/h15-19H,12-14H2,1-9H3.